The highest BCUT2D eigenvalue weighted by atomic mass is 32.1. The van der Waals surface area contributed by atoms with Crippen molar-refractivity contribution in [3.63, 3.8) is 0 Å². The Morgan fingerprint density at radius 3 is 2.78 bits per heavy atom. The van der Waals surface area contributed by atoms with E-state index in [1.807, 2.05) is 18.2 Å². The van der Waals surface area contributed by atoms with Crippen LogP contribution in [-0.2, 0) is 4.74 Å². The maximum absolute atomic E-state index is 9.44. The van der Waals surface area contributed by atoms with E-state index in [9.17, 15) is 5.26 Å². The average Bonchev–Trinajstić information content (AvgIpc) is 3.12. The van der Waals surface area contributed by atoms with Gasteiger partial charge in [-0.25, -0.2) is 4.98 Å². The van der Waals surface area contributed by atoms with Crippen molar-refractivity contribution in [2.75, 3.05) is 45.5 Å². The molecule has 0 bridgehead atoms. The number of methoxy groups -OCH3 is 1. The Kier molecular flexibility index (Phi) is 6.46. The minimum absolute atomic E-state index is 0.219. The number of hydrogen-bond acceptors (Lipinski definition) is 6. The maximum atomic E-state index is 9.44. The molecule has 4 N–H and O–H groups in total. The monoisotopic (exact) mass is 388 g/mol. The van der Waals surface area contributed by atoms with E-state index in [-0.39, 0.29) is 6.79 Å². The van der Waals surface area contributed by atoms with Crippen LogP contribution in [-0.4, -0.2) is 45.3 Å². The molecule has 3 rings (SSSR count). The van der Waals surface area contributed by atoms with E-state index < -0.39 is 0 Å². The Morgan fingerprint density at radius 1 is 1.22 bits per heavy atom. The SMILES string of the molecule is COCCNC(=S)NCCCNc1[nH+]c2cc3c(cc2cc1C#N)OCO3. The van der Waals surface area contributed by atoms with Gasteiger partial charge >= 0.3 is 0 Å². The van der Waals surface area contributed by atoms with Gasteiger partial charge in [0.2, 0.25) is 6.79 Å². The lowest BCUT2D eigenvalue weighted by molar-refractivity contribution is -0.327. The molecule has 0 amide bonds. The Bertz CT molecular complexity index is 868. The largest absolute Gasteiger partial charge is 0.454 e. The van der Waals surface area contributed by atoms with Gasteiger partial charge in [0.1, 0.15) is 17.1 Å². The van der Waals surface area contributed by atoms with Gasteiger partial charge in [-0.15, -0.1) is 0 Å². The van der Waals surface area contributed by atoms with Gasteiger partial charge in [-0.05, 0) is 24.4 Å². The first-order valence-electron chi connectivity index (χ1n) is 8.65. The minimum Gasteiger partial charge on any atom is -0.454 e. The molecule has 1 aliphatic heterocycles. The number of nitriles is 1. The number of hydrogen-bond donors (Lipinski definition) is 3. The number of pyridine rings is 1. The molecule has 9 heteroatoms. The number of rotatable bonds is 8. The molecule has 142 valence electrons. The molecule has 2 aromatic rings. The second-order valence-electron chi connectivity index (χ2n) is 5.92. The summed E-state index contributed by atoms with van der Waals surface area (Å²) in [5.41, 5.74) is 1.42. The number of ether oxygens (including phenoxy) is 3. The molecule has 0 unspecified atom stereocenters. The van der Waals surface area contributed by atoms with E-state index in [2.05, 4.69) is 27.0 Å². The summed E-state index contributed by atoms with van der Waals surface area (Å²) in [5, 5.41) is 20.4. The van der Waals surface area contributed by atoms with Crippen LogP contribution in [0.15, 0.2) is 18.2 Å². The molecule has 0 saturated heterocycles. The fraction of sp³-hybridized carbons (Fsp3) is 0.389. The Balaban J connectivity index is 1.54. The zero-order valence-electron chi connectivity index (χ0n) is 15.1. The molecule has 0 radical (unpaired) electrons. The van der Waals surface area contributed by atoms with Gasteiger partial charge in [-0.2, -0.15) is 5.26 Å². The quantitative estimate of drug-likeness (QED) is 0.458. The fourth-order valence-corrected chi connectivity index (χ4v) is 2.88. The predicted molar refractivity (Wildman–Crippen MR) is 105 cm³/mol. The number of H-pyrrole nitrogens is 1. The van der Waals surface area contributed by atoms with Crippen LogP contribution in [0.1, 0.15) is 12.0 Å². The zero-order valence-corrected chi connectivity index (χ0v) is 15.9. The van der Waals surface area contributed by atoms with Gasteiger partial charge in [-0.1, -0.05) is 0 Å². The van der Waals surface area contributed by atoms with Crippen LogP contribution in [0.4, 0.5) is 5.82 Å². The van der Waals surface area contributed by atoms with Gasteiger partial charge in [0, 0.05) is 38.1 Å². The van der Waals surface area contributed by atoms with Crippen molar-refractivity contribution < 1.29 is 19.2 Å². The first-order valence-corrected chi connectivity index (χ1v) is 9.06. The van der Waals surface area contributed by atoms with Crippen LogP contribution in [0.25, 0.3) is 10.9 Å². The van der Waals surface area contributed by atoms with Gasteiger partial charge in [0.15, 0.2) is 16.6 Å². The molecule has 0 aliphatic carbocycles. The molecule has 0 fully saturated rings. The number of aromatic nitrogens is 1. The van der Waals surface area contributed by atoms with Crippen molar-refractivity contribution >= 4 is 34.1 Å². The van der Waals surface area contributed by atoms with E-state index in [1.165, 1.54) is 0 Å². The Labute approximate surface area is 162 Å². The van der Waals surface area contributed by atoms with Crippen LogP contribution >= 0.6 is 12.2 Å². The molecular formula is C18H22N5O3S+. The van der Waals surface area contributed by atoms with Gasteiger partial charge in [0.25, 0.3) is 5.82 Å². The molecule has 0 saturated carbocycles. The summed E-state index contributed by atoms with van der Waals surface area (Å²) in [6, 6.07) is 7.82. The predicted octanol–water partition coefficient (Wildman–Crippen LogP) is 1.17. The van der Waals surface area contributed by atoms with Gasteiger partial charge in [-0.3, -0.25) is 5.32 Å². The normalized spacial score (nSPS) is 11.9. The number of thiocarbonyl (C=S) groups is 1. The van der Waals surface area contributed by atoms with E-state index in [1.54, 1.807) is 7.11 Å². The summed E-state index contributed by atoms with van der Waals surface area (Å²) in [7, 11) is 1.65. The van der Waals surface area contributed by atoms with Crippen molar-refractivity contribution in [2.45, 2.75) is 6.42 Å². The van der Waals surface area contributed by atoms with Crippen LogP contribution < -0.4 is 30.4 Å². The molecule has 27 heavy (non-hydrogen) atoms. The van der Waals surface area contributed by atoms with Crippen molar-refractivity contribution in [1.82, 2.24) is 10.6 Å². The van der Waals surface area contributed by atoms with Gasteiger partial charge < -0.3 is 24.8 Å². The standard InChI is InChI=1S/C18H21N5O3S/c1-24-6-5-22-18(27)21-4-2-3-20-17-13(10-19)7-12-8-15-16(26-11-25-15)9-14(12)23-17/h7-9H,2-6,11H2,1H3,(H,20,23)(H2,21,22,27)/p+1. The first kappa shape index (κ1) is 18.9. The third kappa shape index (κ3) is 4.87. The molecule has 1 aromatic carbocycles. The summed E-state index contributed by atoms with van der Waals surface area (Å²) in [6.45, 7) is 2.92. The summed E-state index contributed by atoms with van der Waals surface area (Å²) in [4.78, 5) is 3.27. The lowest BCUT2D eigenvalue weighted by Crippen LogP contribution is -2.37. The highest BCUT2D eigenvalue weighted by Gasteiger charge is 2.18. The smallest absolute Gasteiger partial charge is 0.290 e. The molecular weight excluding hydrogens is 366 g/mol. The molecule has 0 atom stereocenters. The van der Waals surface area contributed by atoms with Gasteiger partial charge in [0.05, 0.1) is 13.2 Å². The summed E-state index contributed by atoms with van der Waals surface area (Å²) >= 11 is 5.17. The van der Waals surface area contributed by atoms with E-state index >= 15 is 0 Å². The highest BCUT2D eigenvalue weighted by Crippen LogP contribution is 2.35. The summed E-state index contributed by atoms with van der Waals surface area (Å²) in [6.07, 6.45) is 0.837. The van der Waals surface area contributed by atoms with Crippen LogP contribution in [0, 0.1) is 11.3 Å². The fourth-order valence-electron chi connectivity index (χ4n) is 2.68. The zero-order chi connectivity index (χ0) is 19.1. The number of aromatic amines is 1. The second kappa shape index (κ2) is 9.21. The topological polar surface area (TPSA) is 102 Å². The third-order valence-electron chi connectivity index (χ3n) is 4.03. The first-order chi connectivity index (χ1) is 13.2. The lowest BCUT2D eigenvalue weighted by atomic mass is 10.1. The van der Waals surface area contributed by atoms with Crippen LogP contribution in [0.2, 0.25) is 0 Å². The lowest BCUT2D eigenvalue weighted by Gasteiger charge is -2.09. The van der Waals surface area contributed by atoms with Crippen LogP contribution in [0.3, 0.4) is 0 Å². The summed E-state index contributed by atoms with van der Waals surface area (Å²) < 4.78 is 15.8. The van der Waals surface area contributed by atoms with Crippen molar-refractivity contribution in [3.05, 3.63) is 23.8 Å². The van der Waals surface area contributed by atoms with Crippen molar-refractivity contribution in [1.29, 1.82) is 5.26 Å². The number of nitrogens with one attached hydrogen (secondary N) is 4. The van der Waals surface area contributed by atoms with E-state index in [4.69, 9.17) is 26.4 Å². The van der Waals surface area contributed by atoms with Crippen molar-refractivity contribution in [2.24, 2.45) is 0 Å². The van der Waals surface area contributed by atoms with E-state index in [0.717, 1.165) is 23.9 Å². The number of fused-ring (bicyclic) bond motifs is 2. The number of anilines is 1. The Hall–Kier alpha value is -2.83. The van der Waals surface area contributed by atoms with E-state index in [0.29, 0.717) is 47.7 Å². The number of benzene rings is 1. The molecule has 0 spiro atoms. The Morgan fingerprint density at radius 2 is 2.00 bits per heavy atom. The molecule has 1 aromatic heterocycles. The molecule has 8 nitrogen and oxygen atoms in total. The number of nitrogens with zero attached hydrogens (tertiary/aromatic N) is 1. The third-order valence-corrected chi connectivity index (χ3v) is 4.32. The van der Waals surface area contributed by atoms with Crippen LogP contribution in [0.5, 0.6) is 11.5 Å². The molecule has 2 heterocycles. The molecule has 1 aliphatic rings. The van der Waals surface area contributed by atoms with Crippen molar-refractivity contribution in [3.8, 4) is 17.6 Å². The minimum atomic E-state index is 0.219. The maximum Gasteiger partial charge on any atom is 0.290 e. The average molecular weight is 388 g/mol. The highest BCUT2D eigenvalue weighted by molar-refractivity contribution is 7.80. The second-order valence-corrected chi connectivity index (χ2v) is 6.33. The summed E-state index contributed by atoms with van der Waals surface area (Å²) in [5.74, 6) is 2.08.